The fourth-order valence-electron chi connectivity index (χ4n) is 2.54. The predicted octanol–water partition coefficient (Wildman–Crippen LogP) is 3.47. The molecule has 0 saturated heterocycles. The molecule has 2 rings (SSSR count). The van der Waals surface area contributed by atoms with Crippen LogP contribution in [-0.2, 0) is 0 Å². The first-order valence-corrected chi connectivity index (χ1v) is 6.25. The van der Waals surface area contributed by atoms with E-state index in [2.05, 4.69) is 6.92 Å². The average Bonchev–Trinajstić information content (AvgIpc) is 2.61. The second-order valence-electron chi connectivity index (χ2n) is 4.51. The molecule has 0 heterocycles. The number of Topliss-reactive ketones (excluding diaryl/α,β-unsaturated/α-hetero) is 2. The van der Waals surface area contributed by atoms with E-state index in [-0.39, 0.29) is 17.5 Å². The number of carbonyl (C=O) groups excluding carboxylic acids is 2. The van der Waals surface area contributed by atoms with Crippen molar-refractivity contribution in [3.05, 3.63) is 41.3 Å². The third kappa shape index (κ3) is 1.92. The molecular formula is C15H17O2. The molecule has 0 bridgehead atoms. The molecule has 1 aromatic rings. The molecule has 1 atom stereocenters. The van der Waals surface area contributed by atoms with E-state index in [4.69, 9.17) is 0 Å². The third-order valence-electron chi connectivity index (χ3n) is 3.44. The van der Waals surface area contributed by atoms with Crippen LogP contribution in [0.4, 0.5) is 0 Å². The van der Waals surface area contributed by atoms with Crippen LogP contribution in [0.1, 0.15) is 53.8 Å². The van der Waals surface area contributed by atoms with E-state index in [0.717, 1.165) is 19.3 Å². The van der Waals surface area contributed by atoms with Crippen LogP contribution in [0.5, 0.6) is 0 Å². The number of hydrogen-bond acceptors (Lipinski definition) is 2. The molecule has 1 aliphatic rings. The monoisotopic (exact) mass is 229 g/mol. The molecule has 1 aromatic carbocycles. The lowest BCUT2D eigenvalue weighted by Gasteiger charge is -2.17. The maximum atomic E-state index is 12.2. The standard InChI is InChI=1S/C15H17O2/c1-3-7-10(4-2)13-14(16)11-8-5-6-9-12(11)15(13)17/h5-6,8-10H,3-4,7H2,1-2H3. The molecule has 1 radical (unpaired) electrons. The molecule has 0 aliphatic heterocycles. The molecule has 1 aliphatic carbocycles. The van der Waals surface area contributed by atoms with Crippen LogP contribution >= 0.6 is 0 Å². The summed E-state index contributed by atoms with van der Waals surface area (Å²) in [5.74, 6) is 0.528. The van der Waals surface area contributed by atoms with Crippen LogP contribution in [0, 0.1) is 11.8 Å². The zero-order valence-electron chi connectivity index (χ0n) is 10.3. The molecule has 0 N–H and O–H groups in total. The summed E-state index contributed by atoms with van der Waals surface area (Å²) in [4.78, 5) is 24.4. The topological polar surface area (TPSA) is 34.1 Å². The maximum Gasteiger partial charge on any atom is 0.179 e. The highest BCUT2D eigenvalue weighted by molar-refractivity contribution is 6.36. The molecule has 0 spiro atoms. The van der Waals surface area contributed by atoms with E-state index in [0.29, 0.717) is 17.0 Å². The largest absolute Gasteiger partial charge is 0.293 e. The third-order valence-corrected chi connectivity index (χ3v) is 3.44. The van der Waals surface area contributed by atoms with Crippen molar-refractivity contribution in [2.45, 2.75) is 33.1 Å². The summed E-state index contributed by atoms with van der Waals surface area (Å²) in [5, 5.41) is 0. The van der Waals surface area contributed by atoms with Gasteiger partial charge in [-0.1, -0.05) is 51.0 Å². The van der Waals surface area contributed by atoms with E-state index >= 15 is 0 Å². The summed E-state index contributed by atoms with van der Waals surface area (Å²) in [7, 11) is 0. The van der Waals surface area contributed by atoms with Crippen LogP contribution in [-0.4, -0.2) is 11.6 Å². The van der Waals surface area contributed by atoms with Crippen molar-refractivity contribution in [3.63, 3.8) is 0 Å². The van der Waals surface area contributed by atoms with Crippen LogP contribution in [0.25, 0.3) is 0 Å². The molecule has 17 heavy (non-hydrogen) atoms. The normalized spacial score (nSPS) is 17.3. The lowest BCUT2D eigenvalue weighted by molar-refractivity contribution is 0.0920. The Labute approximate surface area is 102 Å². The average molecular weight is 229 g/mol. The van der Waals surface area contributed by atoms with Gasteiger partial charge in [0, 0.05) is 11.1 Å². The SMILES string of the molecule is CCCC(CC)[C]1C(=O)c2ccccc2C1=O. The maximum absolute atomic E-state index is 12.2. The zero-order chi connectivity index (χ0) is 12.4. The predicted molar refractivity (Wildman–Crippen MR) is 67.0 cm³/mol. The van der Waals surface area contributed by atoms with Crippen molar-refractivity contribution in [2.24, 2.45) is 5.92 Å². The second kappa shape index (κ2) is 4.82. The highest BCUT2D eigenvalue weighted by Gasteiger charge is 2.42. The Bertz CT molecular complexity index is 413. The number of ketones is 2. The lowest BCUT2D eigenvalue weighted by Crippen LogP contribution is -2.22. The Morgan fingerprint density at radius 3 is 1.94 bits per heavy atom. The van der Waals surface area contributed by atoms with Gasteiger partial charge >= 0.3 is 0 Å². The summed E-state index contributed by atoms with van der Waals surface area (Å²) < 4.78 is 0. The first-order valence-electron chi connectivity index (χ1n) is 6.25. The molecule has 0 fully saturated rings. The van der Waals surface area contributed by atoms with E-state index in [9.17, 15) is 9.59 Å². The molecule has 1 unspecified atom stereocenters. The van der Waals surface area contributed by atoms with Crippen LogP contribution in [0.3, 0.4) is 0 Å². The molecule has 2 nitrogen and oxygen atoms in total. The Morgan fingerprint density at radius 1 is 1.00 bits per heavy atom. The van der Waals surface area contributed by atoms with Gasteiger partial charge in [0.05, 0.1) is 0 Å². The fraction of sp³-hybridized carbons (Fsp3) is 0.400. The van der Waals surface area contributed by atoms with E-state index < -0.39 is 0 Å². The summed E-state index contributed by atoms with van der Waals surface area (Å²) in [6.45, 7) is 4.12. The molecule has 0 aromatic heterocycles. The lowest BCUT2D eigenvalue weighted by atomic mass is 9.83. The van der Waals surface area contributed by atoms with Crippen LogP contribution in [0.2, 0.25) is 0 Å². The highest BCUT2D eigenvalue weighted by atomic mass is 16.2. The molecule has 0 amide bonds. The van der Waals surface area contributed by atoms with Crippen molar-refractivity contribution in [1.82, 2.24) is 0 Å². The molecular weight excluding hydrogens is 212 g/mol. The van der Waals surface area contributed by atoms with Crippen molar-refractivity contribution in [1.29, 1.82) is 0 Å². The van der Waals surface area contributed by atoms with E-state index in [1.807, 2.05) is 19.1 Å². The van der Waals surface area contributed by atoms with Crippen molar-refractivity contribution >= 4 is 11.6 Å². The van der Waals surface area contributed by atoms with Crippen LogP contribution in [0.15, 0.2) is 24.3 Å². The van der Waals surface area contributed by atoms with Gasteiger partial charge in [-0.2, -0.15) is 0 Å². The summed E-state index contributed by atoms with van der Waals surface area (Å²) in [6, 6.07) is 7.13. The minimum Gasteiger partial charge on any atom is -0.293 e. The highest BCUT2D eigenvalue weighted by Crippen LogP contribution is 2.36. The van der Waals surface area contributed by atoms with Crippen molar-refractivity contribution in [2.75, 3.05) is 0 Å². The van der Waals surface area contributed by atoms with Gasteiger partial charge in [0.1, 0.15) is 5.92 Å². The van der Waals surface area contributed by atoms with Gasteiger partial charge in [-0.25, -0.2) is 0 Å². The fourth-order valence-corrected chi connectivity index (χ4v) is 2.54. The van der Waals surface area contributed by atoms with Crippen molar-refractivity contribution < 1.29 is 9.59 Å². The number of rotatable bonds is 4. The van der Waals surface area contributed by atoms with Gasteiger partial charge < -0.3 is 0 Å². The van der Waals surface area contributed by atoms with Gasteiger partial charge in [0.15, 0.2) is 11.6 Å². The number of fused-ring (bicyclic) bond motifs is 1. The second-order valence-corrected chi connectivity index (χ2v) is 4.51. The first-order chi connectivity index (χ1) is 8.20. The number of carbonyl (C=O) groups is 2. The minimum atomic E-state index is -0.0501. The smallest absolute Gasteiger partial charge is 0.179 e. The van der Waals surface area contributed by atoms with Gasteiger partial charge in [0.2, 0.25) is 0 Å². The molecule has 89 valence electrons. The van der Waals surface area contributed by atoms with Gasteiger partial charge in [-0.3, -0.25) is 9.59 Å². The summed E-state index contributed by atoms with van der Waals surface area (Å²) in [5.41, 5.74) is 1.17. The summed E-state index contributed by atoms with van der Waals surface area (Å²) >= 11 is 0. The Hall–Kier alpha value is -1.44. The Kier molecular flexibility index (Phi) is 3.41. The quantitative estimate of drug-likeness (QED) is 0.792. The molecule has 0 saturated carbocycles. The Morgan fingerprint density at radius 2 is 1.53 bits per heavy atom. The van der Waals surface area contributed by atoms with E-state index in [1.54, 1.807) is 12.1 Å². The van der Waals surface area contributed by atoms with Crippen molar-refractivity contribution in [3.8, 4) is 0 Å². The number of hydrogen-bond donors (Lipinski definition) is 0. The van der Waals surface area contributed by atoms with Crippen LogP contribution < -0.4 is 0 Å². The summed E-state index contributed by atoms with van der Waals surface area (Å²) in [6.07, 6.45) is 2.77. The van der Waals surface area contributed by atoms with Gasteiger partial charge in [-0.15, -0.1) is 0 Å². The van der Waals surface area contributed by atoms with Gasteiger partial charge in [0.25, 0.3) is 0 Å². The zero-order valence-corrected chi connectivity index (χ0v) is 10.3. The Balaban J connectivity index is 2.35. The molecule has 2 heteroatoms. The van der Waals surface area contributed by atoms with Gasteiger partial charge in [-0.05, 0) is 12.3 Å². The van der Waals surface area contributed by atoms with E-state index in [1.165, 1.54) is 0 Å². The number of benzene rings is 1. The minimum absolute atomic E-state index is 0.0501. The first kappa shape index (κ1) is 12.0.